The average Bonchev–Trinajstić information content (AvgIpc) is 3.26. The first-order chi connectivity index (χ1) is 17.9. The number of para-hydroxylation sites is 1. The third-order valence-electron chi connectivity index (χ3n) is 7.31. The zero-order chi connectivity index (χ0) is 26.1. The zero-order valence-corrected chi connectivity index (χ0v) is 21.7. The predicted octanol–water partition coefficient (Wildman–Crippen LogP) is 4.62. The minimum Gasteiger partial charge on any atom is -0.356 e. The van der Waals surface area contributed by atoms with E-state index in [9.17, 15) is 14.4 Å². The molecule has 0 aliphatic carbocycles. The van der Waals surface area contributed by atoms with E-state index < -0.39 is 18.0 Å². The van der Waals surface area contributed by atoms with Gasteiger partial charge in [0, 0.05) is 46.0 Å². The molecule has 0 saturated carbocycles. The van der Waals surface area contributed by atoms with Crippen molar-refractivity contribution in [3.8, 4) is 0 Å². The van der Waals surface area contributed by atoms with E-state index in [0.717, 1.165) is 47.0 Å². The summed E-state index contributed by atoms with van der Waals surface area (Å²) in [6.07, 6.45) is 3.70. The van der Waals surface area contributed by atoms with Crippen molar-refractivity contribution >= 4 is 51.8 Å². The van der Waals surface area contributed by atoms with Gasteiger partial charge in [-0.05, 0) is 42.2 Å². The van der Waals surface area contributed by atoms with Crippen molar-refractivity contribution in [3.63, 3.8) is 0 Å². The second-order valence-corrected chi connectivity index (χ2v) is 10.5. The van der Waals surface area contributed by atoms with E-state index in [1.165, 1.54) is 0 Å². The Balaban J connectivity index is 1.41. The maximum Gasteiger partial charge on any atom is 0.246 e. The van der Waals surface area contributed by atoms with Crippen molar-refractivity contribution in [1.82, 2.24) is 20.3 Å². The lowest BCUT2D eigenvalue weighted by Crippen LogP contribution is -2.63. The maximum absolute atomic E-state index is 13.7. The number of hydrogen-bond acceptors (Lipinski definition) is 4. The van der Waals surface area contributed by atoms with Gasteiger partial charge in [-0.1, -0.05) is 60.3 Å². The molecule has 2 aromatic carbocycles. The fraction of sp³-hybridized carbons (Fsp3) is 0.370. The Morgan fingerprint density at radius 3 is 2.65 bits per heavy atom. The summed E-state index contributed by atoms with van der Waals surface area (Å²) >= 11 is 12.8. The molecular formula is C27H28Cl2N4O4. The molecule has 1 fully saturated rings. The van der Waals surface area contributed by atoms with Crippen molar-refractivity contribution in [1.29, 1.82) is 0 Å². The van der Waals surface area contributed by atoms with Crippen LogP contribution in [0.4, 0.5) is 0 Å². The zero-order valence-electron chi connectivity index (χ0n) is 20.2. The number of amides is 3. The molecule has 3 aromatic rings. The summed E-state index contributed by atoms with van der Waals surface area (Å²) in [7, 11) is 0. The fourth-order valence-corrected chi connectivity index (χ4v) is 6.07. The van der Waals surface area contributed by atoms with Gasteiger partial charge in [0.1, 0.15) is 6.04 Å². The number of halogens is 2. The molecule has 0 bridgehead atoms. The number of hydroxylamine groups is 1. The van der Waals surface area contributed by atoms with Crippen LogP contribution < -0.4 is 5.48 Å². The number of hydrogen-bond donors (Lipinski definition) is 3. The first-order valence-corrected chi connectivity index (χ1v) is 13.2. The van der Waals surface area contributed by atoms with Crippen LogP contribution in [0.2, 0.25) is 10.0 Å². The first kappa shape index (κ1) is 25.6. The smallest absolute Gasteiger partial charge is 0.246 e. The van der Waals surface area contributed by atoms with E-state index in [4.69, 9.17) is 28.4 Å². The van der Waals surface area contributed by atoms with Gasteiger partial charge in [0.2, 0.25) is 17.7 Å². The summed E-state index contributed by atoms with van der Waals surface area (Å²) < 4.78 is 0. The standard InChI is InChI=1S/C27H28Cl2N4O4/c28-16-10-11-18(20(29)13-16)26-25-19(17-7-4-5-8-21(17)30-25)14-22-27(36)32(15-24(35)33(22)26)12-6-2-1-3-9-23(34)31-37/h4-5,7-8,10-11,13,22,26,30,37H,1-3,6,9,12,14-15H2,(H,31,34)/t22-,26-/m0/s1. The molecule has 3 heterocycles. The lowest BCUT2D eigenvalue weighted by molar-refractivity contribution is -0.158. The van der Waals surface area contributed by atoms with Crippen LogP contribution in [0.15, 0.2) is 42.5 Å². The second-order valence-electron chi connectivity index (χ2n) is 9.61. The highest BCUT2D eigenvalue weighted by molar-refractivity contribution is 6.35. The molecule has 0 radical (unpaired) electrons. The molecule has 8 nitrogen and oxygen atoms in total. The van der Waals surface area contributed by atoms with Crippen LogP contribution in [0.5, 0.6) is 0 Å². The molecule has 0 spiro atoms. The predicted molar refractivity (Wildman–Crippen MR) is 141 cm³/mol. The Bertz CT molecular complexity index is 1360. The molecule has 3 N–H and O–H groups in total. The van der Waals surface area contributed by atoms with Crippen molar-refractivity contribution in [2.75, 3.05) is 13.1 Å². The highest BCUT2D eigenvalue weighted by Gasteiger charge is 2.48. The van der Waals surface area contributed by atoms with Crippen molar-refractivity contribution in [2.45, 2.75) is 50.6 Å². The third kappa shape index (κ3) is 4.93. The number of carbonyl (C=O) groups is 3. The number of rotatable bonds is 8. The van der Waals surface area contributed by atoms with Crippen molar-refractivity contribution in [3.05, 3.63) is 69.3 Å². The Hall–Kier alpha value is -3.07. The normalized spacial score (nSPS) is 19.2. The van der Waals surface area contributed by atoms with Crippen LogP contribution in [-0.2, 0) is 20.8 Å². The van der Waals surface area contributed by atoms with E-state index >= 15 is 0 Å². The Kier molecular flexibility index (Phi) is 7.42. The van der Waals surface area contributed by atoms with E-state index in [1.54, 1.807) is 27.4 Å². The summed E-state index contributed by atoms with van der Waals surface area (Å²) in [5.41, 5.74) is 5.22. The van der Waals surface area contributed by atoms with E-state index in [-0.39, 0.29) is 24.8 Å². The van der Waals surface area contributed by atoms with Crippen LogP contribution in [0, 0.1) is 0 Å². The SMILES string of the molecule is O=C(CCCCCCN1CC(=O)N2[C@@H](c3ccc(Cl)cc3Cl)c3[nH]c4ccccc4c3C[C@H]2C1=O)NO. The highest BCUT2D eigenvalue weighted by atomic mass is 35.5. The van der Waals surface area contributed by atoms with Gasteiger partial charge in [-0.3, -0.25) is 19.6 Å². The minimum atomic E-state index is -0.627. The molecule has 0 unspecified atom stereocenters. The van der Waals surface area contributed by atoms with Gasteiger partial charge in [0.15, 0.2) is 0 Å². The minimum absolute atomic E-state index is 0.0134. The van der Waals surface area contributed by atoms with Gasteiger partial charge in [-0.25, -0.2) is 5.48 Å². The largest absolute Gasteiger partial charge is 0.356 e. The summed E-state index contributed by atoms with van der Waals surface area (Å²) in [5.74, 6) is -0.587. The van der Waals surface area contributed by atoms with Gasteiger partial charge in [0.05, 0.1) is 12.6 Å². The lowest BCUT2D eigenvalue weighted by Gasteiger charge is -2.47. The average molecular weight is 543 g/mol. The molecule has 1 saturated heterocycles. The number of benzene rings is 2. The molecule has 5 rings (SSSR count). The molecule has 10 heteroatoms. The van der Waals surface area contributed by atoms with E-state index in [2.05, 4.69) is 4.98 Å². The van der Waals surface area contributed by atoms with Crippen molar-refractivity contribution < 1.29 is 19.6 Å². The van der Waals surface area contributed by atoms with Gasteiger partial charge in [-0.15, -0.1) is 0 Å². The van der Waals surface area contributed by atoms with E-state index in [0.29, 0.717) is 29.4 Å². The fourth-order valence-electron chi connectivity index (χ4n) is 5.56. The monoisotopic (exact) mass is 542 g/mol. The number of H-pyrrole nitrogens is 1. The lowest BCUT2D eigenvalue weighted by atomic mass is 9.86. The van der Waals surface area contributed by atoms with Crippen LogP contribution in [0.1, 0.15) is 55.0 Å². The molecule has 3 amide bonds. The molecule has 1 aromatic heterocycles. The quantitative estimate of drug-likeness (QED) is 0.219. The Morgan fingerprint density at radius 2 is 1.86 bits per heavy atom. The number of unbranched alkanes of at least 4 members (excludes halogenated alkanes) is 3. The Labute approximate surface area is 224 Å². The molecule has 37 heavy (non-hydrogen) atoms. The first-order valence-electron chi connectivity index (χ1n) is 12.5. The number of nitrogens with one attached hydrogen (secondary N) is 2. The molecule has 2 aliphatic rings. The number of carbonyl (C=O) groups excluding carboxylic acids is 3. The number of aromatic nitrogens is 1. The maximum atomic E-state index is 13.7. The molecule has 194 valence electrons. The van der Waals surface area contributed by atoms with Gasteiger partial charge >= 0.3 is 0 Å². The molecule has 2 atom stereocenters. The number of piperazine rings is 1. The Morgan fingerprint density at radius 1 is 1.08 bits per heavy atom. The van der Waals surface area contributed by atoms with Crippen molar-refractivity contribution in [2.24, 2.45) is 0 Å². The topological polar surface area (TPSA) is 106 Å². The van der Waals surface area contributed by atoms with Gasteiger partial charge in [-0.2, -0.15) is 0 Å². The van der Waals surface area contributed by atoms with Crippen LogP contribution in [-0.4, -0.2) is 56.8 Å². The van der Waals surface area contributed by atoms with Crippen LogP contribution in [0.3, 0.4) is 0 Å². The summed E-state index contributed by atoms with van der Waals surface area (Å²) in [6.45, 7) is 0.494. The molecular weight excluding hydrogens is 515 g/mol. The van der Waals surface area contributed by atoms with Crippen LogP contribution >= 0.6 is 23.2 Å². The number of nitrogens with zero attached hydrogens (tertiary/aromatic N) is 2. The van der Waals surface area contributed by atoms with Gasteiger partial charge in [0.25, 0.3) is 0 Å². The number of fused-ring (bicyclic) bond motifs is 4. The highest BCUT2D eigenvalue weighted by Crippen LogP contribution is 2.44. The van der Waals surface area contributed by atoms with E-state index in [1.807, 2.05) is 30.3 Å². The van der Waals surface area contributed by atoms with Gasteiger partial charge < -0.3 is 14.8 Å². The summed E-state index contributed by atoms with van der Waals surface area (Å²) in [5, 5.41) is 10.6. The van der Waals surface area contributed by atoms with Crippen LogP contribution in [0.25, 0.3) is 10.9 Å². The summed E-state index contributed by atoms with van der Waals surface area (Å²) in [4.78, 5) is 45.3. The molecule has 2 aliphatic heterocycles. The second kappa shape index (κ2) is 10.7. The number of aromatic amines is 1. The summed E-state index contributed by atoms with van der Waals surface area (Å²) in [6, 6.07) is 12.0. The third-order valence-corrected chi connectivity index (χ3v) is 7.87.